The molecule has 0 aliphatic carbocycles. The molecule has 0 spiro atoms. The molecule has 2 rings (SSSR count). The maximum Gasteiger partial charge on any atom is 0.233 e. The summed E-state index contributed by atoms with van der Waals surface area (Å²) in [6.07, 6.45) is 2.08. The zero-order valence-corrected chi connectivity index (χ0v) is 12.0. The van der Waals surface area contributed by atoms with Gasteiger partial charge in [0.2, 0.25) is 5.91 Å². The van der Waals surface area contributed by atoms with Crippen molar-refractivity contribution in [1.29, 1.82) is 0 Å². The number of para-hydroxylation sites is 1. The van der Waals surface area contributed by atoms with Crippen LogP contribution in [0.15, 0.2) is 24.3 Å². The highest BCUT2D eigenvalue weighted by Crippen LogP contribution is 2.34. The topological polar surface area (TPSA) is 29.5 Å². The molecule has 1 atom stereocenters. The molecule has 1 aliphatic rings. The van der Waals surface area contributed by atoms with E-state index >= 15 is 0 Å². The van der Waals surface area contributed by atoms with Crippen LogP contribution in [0.3, 0.4) is 0 Å². The van der Waals surface area contributed by atoms with Gasteiger partial charge in [-0.3, -0.25) is 4.79 Å². The Morgan fingerprint density at radius 3 is 2.95 bits per heavy atom. The Balaban J connectivity index is 2.10. The van der Waals surface area contributed by atoms with Gasteiger partial charge in [-0.25, -0.2) is 0 Å². The number of carbonyl (C=O) groups excluding carboxylic acids is 1. The average Bonchev–Trinajstić information content (AvgIpc) is 2.86. The van der Waals surface area contributed by atoms with E-state index in [1.807, 2.05) is 29.2 Å². The number of unbranched alkanes of at least 4 members (excludes halogenated alkanes) is 1. The molecule has 1 amide bonds. The molecule has 0 bridgehead atoms. The van der Waals surface area contributed by atoms with Crippen molar-refractivity contribution in [2.24, 2.45) is 0 Å². The van der Waals surface area contributed by atoms with Gasteiger partial charge in [-0.1, -0.05) is 31.5 Å². The zero-order chi connectivity index (χ0) is 13.7. The summed E-state index contributed by atoms with van der Waals surface area (Å²) in [5.41, 5.74) is 1.00. The molecular weight excluding hydrogens is 262 g/mol. The smallest absolute Gasteiger partial charge is 0.233 e. The van der Waals surface area contributed by atoms with Gasteiger partial charge in [0.05, 0.1) is 0 Å². The van der Waals surface area contributed by atoms with Crippen molar-refractivity contribution in [3.8, 4) is 5.75 Å². The Bertz CT molecular complexity index is 436. The second-order valence-electron chi connectivity index (χ2n) is 4.77. The van der Waals surface area contributed by atoms with E-state index in [1.165, 1.54) is 0 Å². The minimum atomic E-state index is -0.170. The number of ether oxygens (including phenoxy) is 1. The Morgan fingerprint density at radius 2 is 2.21 bits per heavy atom. The van der Waals surface area contributed by atoms with Crippen molar-refractivity contribution in [1.82, 2.24) is 4.90 Å². The SMILES string of the molecule is CCCCN(CCCl)C(=O)C1COc2ccccc21. The van der Waals surface area contributed by atoms with Gasteiger partial charge in [0, 0.05) is 24.5 Å². The lowest BCUT2D eigenvalue weighted by molar-refractivity contribution is -0.132. The molecule has 1 aromatic carbocycles. The van der Waals surface area contributed by atoms with Crippen LogP contribution in [0.1, 0.15) is 31.2 Å². The average molecular weight is 282 g/mol. The van der Waals surface area contributed by atoms with Crippen molar-refractivity contribution in [2.75, 3.05) is 25.6 Å². The summed E-state index contributed by atoms with van der Waals surface area (Å²) in [5, 5.41) is 0. The Kier molecular flexibility index (Phi) is 5.08. The van der Waals surface area contributed by atoms with E-state index in [0.717, 1.165) is 30.7 Å². The summed E-state index contributed by atoms with van der Waals surface area (Å²) in [6, 6.07) is 7.77. The normalized spacial score (nSPS) is 16.8. The van der Waals surface area contributed by atoms with Gasteiger partial charge in [-0.15, -0.1) is 11.6 Å². The van der Waals surface area contributed by atoms with Crippen LogP contribution in [0, 0.1) is 0 Å². The largest absolute Gasteiger partial charge is 0.492 e. The number of halogens is 1. The Morgan fingerprint density at radius 1 is 1.42 bits per heavy atom. The fraction of sp³-hybridized carbons (Fsp3) is 0.533. The zero-order valence-electron chi connectivity index (χ0n) is 11.3. The molecule has 0 saturated heterocycles. The summed E-state index contributed by atoms with van der Waals surface area (Å²) in [7, 11) is 0. The number of fused-ring (bicyclic) bond motifs is 1. The summed E-state index contributed by atoms with van der Waals surface area (Å²) in [6.45, 7) is 3.96. The lowest BCUT2D eigenvalue weighted by Crippen LogP contribution is -2.37. The highest BCUT2D eigenvalue weighted by molar-refractivity contribution is 6.18. The molecule has 0 aromatic heterocycles. The monoisotopic (exact) mass is 281 g/mol. The van der Waals surface area contributed by atoms with Crippen LogP contribution in [0.25, 0.3) is 0 Å². The third kappa shape index (κ3) is 3.21. The molecule has 1 unspecified atom stereocenters. The van der Waals surface area contributed by atoms with Crippen LogP contribution in [0.2, 0.25) is 0 Å². The van der Waals surface area contributed by atoms with Gasteiger partial charge >= 0.3 is 0 Å². The molecule has 1 aromatic rings. The number of alkyl halides is 1. The lowest BCUT2D eigenvalue weighted by Gasteiger charge is -2.24. The van der Waals surface area contributed by atoms with Gasteiger partial charge < -0.3 is 9.64 Å². The third-order valence-electron chi connectivity index (χ3n) is 3.45. The maximum atomic E-state index is 12.6. The van der Waals surface area contributed by atoms with Crippen molar-refractivity contribution >= 4 is 17.5 Å². The molecule has 1 aliphatic heterocycles. The number of hydrogen-bond acceptors (Lipinski definition) is 2. The summed E-state index contributed by atoms with van der Waals surface area (Å²) >= 11 is 5.80. The molecule has 19 heavy (non-hydrogen) atoms. The number of carbonyl (C=O) groups is 1. The predicted octanol–water partition coefficient (Wildman–Crippen LogP) is 3.03. The van der Waals surface area contributed by atoms with Gasteiger partial charge in [0.25, 0.3) is 0 Å². The van der Waals surface area contributed by atoms with E-state index in [1.54, 1.807) is 0 Å². The van der Waals surface area contributed by atoms with E-state index in [2.05, 4.69) is 6.92 Å². The van der Waals surface area contributed by atoms with Crippen LogP contribution in [0.4, 0.5) is 0 Å². The fourth-order valence-corrected chi connectivity index (χ4v) is 2.57. The molecular formula is C15H20ClNO2. The van der Waals surface area contributed by atoms with Gasteiger partial charge in [0.1, 0.15) is 18.3 Å². The van der Waals surface area contributed by atoms with E-state index in [9.17, 15) is 4.79 Å². The van der Waals surface area contributed by atoms with Crippen LogP contribution in [-0.4, -0.2) is 36.4 Å². The quantitative estimate of drug-likeness (QED) is 0.750. The lowest BCUT2D eigenvalue weighted by atomic mass is 9.99. The number of nitrogens with zero attached hydrogens (tertiary/aromatic N) is 1. The minimum Gasteiger partial charge on any atom is -0.492 e. The van der Waals surface area contributed by atoms with Crippen molar-refractivity contribution in [3.05, 3.63) is 29.8 Å². The van der Waals surface area contributed by atoms with Crippen LogP contribution < -0.4 is 4.74 Å². The minimum absolute atomic E-state index is 0.138. The second-order valence-corrected chi connectivity index (χ2v) is 5.15. The first-order chi connectivity index (χ1) is 9.27. The van der Waals surface area contributed by atoms with Crippen LogP contribution >= 0.6 is 11.6 Å². The first kappa shape index (κ1) is 14.2. The molecule has 1 heterocycles. The summed E-state index contributed by atoms with van der Waals surface area (Å²) < 4.78 is 5.58. The Hall–Kier alpha value is -1.22. The number of rotatable bonds is 6. The van der Waals surface area contributed by atoms with E-state index < -0.39 is 0 Å². The van der Waals surface area contributed by atoms with E-state index in [-0.39, 0.29) is 11.8 Å². The van der Waals surface area contributed by atoms with Crippen LogP contribution in [0.5, 0.6) is 5.75 Å². The standard InChI is InChI=1S/C15H20ClNO2/c1-2-3-9-17(10-8-16)15(18)13-11-19-14-7-5-4-6-12(13)14/h4-7,13H,2-3,8-11H2,1H3. The summed E-state index contributed by atoms with van der Waals surface area (Å²) in [4.78, 5) is 14.5. The summed E-state index contributed by atoms with van der Waals surface area (Å²) in [5.74, 6) is 1.28. The molecule has 3 nitrogen and oxygen atoms in total. The molecule has 0 N–H and O–H groups in total. The number of amides is 1. The maximum absolute atomic E-state index is 12.6. The van der Waals surface area contributed by atoms with Crippen molar-refractivity contribution in [2.45, 2.75) is 25.7 Å². The third-order valence-corrected chi connectivity index (χ3v) is 3.61. The highest BCUT2D eigenvalue weighted by atomic mass is 35.5. The van der Waals surface area contributed by atoms with Gasteiger partial charge in [0.15, 0.2) is 0 Å². The molecule has 4 heteroatoms. The molecule has 0 radical (unpaired) electrons. The fourth-order valence-electron chi connectivity index (χ4n) is 2.37. The van der Waals surface area contributed by atoms with E-state index in [0.29, 0.717) is 19.0 Å². The Labute approximate surface area is 119 Å². The van der Waals surface area contributed by atoms with E-state index in [4.69, 9.17) is 16.3 Å². The molecule has 104 valence electrons. The predicted molar refractivity (Wildman–Crippen MR) is 76.9 cm³/mol. The van der Waals surface area contributed by atoms with Crippen molar-refractivity contribution in [3.63, 3.8) is 0 Å². The first-order valence-corrected chi connectivity index (χ1v) is 7.37. The van der Waals surface area contributed by atoms with Gasteiger partial charge in [-0.2, -0.15) is 0 Å². The second kappa shape index (κ2) is 6.80. The molecule has 0 fully saturated rings. The molecule has 0 saturated carbocycles. The van der Waals surface area contributed by atoms with Crippen LogP contribution in [-0.2, 0) is 4.79 Å². The first-order valence-electron chi connectivity index (χ1n) is 6.84. The number of hydrogen-bond donors (Lipinski definition) is 0. The van der Waals surface area contributed by atoms with Gasteiger partial charge in [-0.05, 0) is 12.5 Å². The number of benzene rings is 1. The van der Waals surface area contributed by atoms with Crippen molar-refractivity contribution < 1.29 is 9.53 Å². The highest BCUT2D eigenvalue weighted by Gasteiger charge is 2.32.